The average Bonchev–Trinajstić information content (AvgIpc) is 3.12. The van der Waals surface area contributed by atoms with E-state index in [1.807, 2.05) is 0 Å². The molecule has 1 heterocycles. The summed E-state index contributed by atoms with van der Waals surface area (Å²) >= 11 is 0. The van der Waals surface area contributed by atoms with Crippen molar-refractivity contribution in [1.82, 2.24) is 10.2 Å². The summed E-state index contributed by atoms with van der Waals surface area (Å²) in [6.07, 6.45) is 8.56. The van der Waals surface area contributed by atoms with Crippen molar-refractivity contribution in [3.05, 3.63) is 0 Å². The summed E-state index contributed by atoms with van der Waals surface area (Å²) in [4.78, 5) is 2.71. The van der Waals surface area contributed by atoms with Gasteiger partial charge in [0.25, 0.3) is 0 Å². The van der Waals surface area contributed by atoms with Crippen LogP contribution in [-0.4, -0.2) is 37.1 Å². The molecule has 1 aliphatic carbocycles. The lowest BCUT2D eigenvalue weighted by molar-refractivity contribution is 0.132. The topological polar surface area (TPSA) is 15.3 Å². The SMILES string of the molecule is CCCN1CC(CC2CC2)CC(NCCC(C)C)C1. The van der Waals surface area contributed by atoms with Crippen LogP contribution in [0.2, 0.25) is 0 Å². The second-order valence-corrected chi connectivity index (χ2v) is 7.37. The lowest BCUT2D eigenvalue weighted by Crippen LogP contribution is -2.49. The van der Waals surface area contributed by atoms with Crippen molar-refractivity contribution in [3.8, 4) is 0 Å². The van der Waals surface area contributed by atoms with Gasteiger partial charge in [-0.3, -0.25) is 0 Å². The van der Waals surface area contributed by atoms with Gasteiger partial charge in [0.05, 0.1) is 0 Å². The predicted molar refractivity (Wildman–Crippen MR) is 83.4 cm³/mol. The Balaban J connectivity index is 1.75. The van der Waals surface area contributed by atoms with Gasteiger partial charge < -0.3 is 10.2 Å². The summed E-state index contributed by atoms with van der Waals surface area (Å²) in [6, 6.07) is 0.753. The number of piperidine rings is 1. The molecule has 0 aromatic carbocycles. The van der Waals surface area contributed by atoms with Gasteiger partial charge >= 0.3 is 0 Å². The van der Waals surface area contributed by atoms with Crippen LogP contribution in [0.1, 0.15) is 59.3 Å². The molecule has 1 saturated heterocycles. The second-order valence-electron chi connectivity index (χ2n) is 7.37. The van der Waals surface area contributed by atoms with E-state index in [-0.39, 0.29) is 0 Å². The molecule has 1 saturated carbocycles. The molecule has 2 fully saturated rings. The molecule has 0 aromatic rings. The third-order valence-corrected chi connectivity index (χ3v) is 4.67. The van der Waals surface area contributed by atoms with Crippen LogP contribution >= 0.6 is 0 Å². The highest BCUT2D eigenvalue weighted by atomic mass is 15.2. The molecule has 2 atom stereocenters. The number of hydrogen-bond donors (Lipinski definition) is 1. The van der Waals surface area contributed by atoms with Gasteiger partial charge in [-0.15, -0.1) is 0 Å². The van der Waals surface area contributed by atoms with Crippen molar-refractivity contribution in [2.45, 2.75) is 65.3 Å². The molecular formula is C17H34N2. The molecule has 112 valence electrons. The van der Waals surface area contributed by atoms with Crippen LogP contribution in [-0.2, 0) is 0 Å². The Morgan fingerprint density at radius 2 is 1.95 bits per heavy atom. The van der Waals surface area contributed by atoms with E-state index in [4.69, 9.17) is 0 Å². The molecule has 0 bridgehead atoms. The molecule has 2 unspecified atom stereocenters. The summed E-state index contributed by atoms with van der Waals surface area (Å²) in [5.74, 6) is 2.87. The standard InChI is InChI=1S/C17H34N2/c1-4-9-19-12-16(10-15-5-6-15)11-17(13-19)18-8-7-14(2)3/h14-18H,4-13H2,1-3H3. The molecule has 19 heavy (non-hydrogen) atoms. The maximum absolute atomic E-state index is 3.82. The van der Waals surface area contributed by atoms with Gasteiger partial charge in [-0.05, 0) is 56.5 Å². The summed E-state index contributed by atoms with van der Waals surface area (Å²) in [5, 5.41) is 3.82. The minimum atomic E-state index is 0.753. The highest BCUT2D eigenvalue weighted by Gasteiger charge is 2.31. The van der Waals surface area contributed by atoms with E-state index in [1.165, 1.54) is 64.7 Å². The van der Waals surface area contributed by atoms with Crippen molar-refractivity contribution in [2.75, 3.05) is 26.2 Å². The monoisotopic (exact) mass is 266 g/mol. The first-order chi connectivity index (χ1) is 9.17. The van der Waals surface area contributed by atoms with Gasteiger partial charge in [-0.25, -0.2) is 0 Å². The van der Waals surface area contributed by atoms with Crippen molar-refractivity contribution >= 4 is 0 Å². The molecule has 2 rings (SSSR count). The minimum Gasteiger partial charge on any atom is -0.313 e. The Labute approximate surface area is 120 Å². The van der Waals surface area contributed by atoms with E-state index in [0.29, 0.717) is 0 Å². The highest BCUT2D eigenvalue weighted by molar-refractivity contribution is 4.87. The summed E-state index contributed by atoms with van der Waals surface area (Å²) in [7, 11) is 0. The van der Waals surface area contributed by atoms with E-state index in [9.17, 15) is 0 Å². The molecule has 2 aliphatic rings. The van der Waals surface area contributed by atoms with Crippen LogP contribution in [0.25, 0.3) is 0 Å². The Morgan fingerprint density at radius 3 is 2.58 bits per heavy atom. The van der Waals surface area contributed by atoms with E-state index in [2.05, 4.69) is 31.0 Å². The predicted octanol–water partition coefficient (Wildman–Crippen LogP) is 3.52. The van der Waals surface area contributed by atoms with Crippen LogP contribution in [0.4, 0.5) is 0 Å². The van der Waals surface area contributed by atoms with Gasteiger partial charge in [-0.1, -0.05) is 33.6 Å². The molecule has 1 N–H and O–H groups in total. The first-order valence-electron chi connectivity index (χ1n) is 8.63. The number of nitrogens with one attached hydrogen (secondary N) is 1. The number of hydrogen-bond acceptors (Lipinski definition) is 2. The Bertz CT molecular complexity index is 248. The normalized spacial score (nSPS) is 29.1. The van der Waals surface area contributed by atoms with Gasteiger partial charge in [0.1, 0.15) is 0 Å². The number of rotatable bonds is 8. The Hall–Kier alpha value is -0.0800. The molecule has 2 nitrogen and oxygen atoms in total. The summed E-state index contributed by atoms with van der Waals surface area (Å²) in [6.45, 7) is 12.1. The highest BCUT2D eigenvalue weighted by Crippen LogP contribution is 2.37. The zero-order chi connectivity index (χ0) is 13.7. The lowest BCUT2D eigenvalue weighted by atomic mass is 9.89. The van der Waals surface area contributed by atoms with Gasteiger partial charge in [0.2, 0.25) is 0 Å². The fraction of sp³-hybridized carbons (Fsp3) is 1.00. The summed E-state index contributed by atoms with van der Waals surface area (Å²) < 4.78 is 0. The zero-order valence-corrected chi connectivity index (χ0v) is 13.3. The van der Waals surface area contributed by atoms with Crippen LogP contribution in [0.5, 0.6) is 0 Å². The van der Waals surface area contributed by atoms with Crippen molar-refractivity contribution in [3.63, 3.8) is 0 Å². The summed E-state index contributed by atoms with van der Waals surface area (Å²) in [5.41, 5.74) is 0. The first-order valence-corrected chi connectivity index (χ1v) is 8.63. The van der Waals surface area contributed by atoms with Crippen LogP contribution < -0.4 is 5.32 Å². The fourth-order valence-electron chi connectivity index (χ4n) is 3.52. The molecule has 2 heteroatoms. The number of nitrogens with zero attached hydrogens (tertiary/aromatic N) is 1. The fourth-order valence-corrected chi connectivity index (χ4v) is 3.52. The quantitative estimate of drug-likeness (QED) is 0.723. The maximum atomic E-state index is 3.82. The molecule has 0 radical (unpaired) electrons. The van der Waals surface area contributed by atoms with Crippen molar-refractivity contribution in [2.24, 2.45) is 17.8 Å². The third-order valence-electron chi connectivity index (χ3n) is 4.67. The first kappa shape index (κ1) is 15.3. The second kappa shape index (κ2) is 7.64. The van der Waals surface area contributed by atoms with Crippen LogP contribution in [0, 0.1) is 17.8 Å². The van der Waals surface area contributed by atoms with E-state index >= 15 is 0 Å². The smallest absolute Gasteiger partial charge is 0.0198 e. The Morgan fingerprint density at radius 1 is 1.16 bits per heavy atom. The molecular weight excluding hydrogens is 232 g/mol. The molecule has 0 amide bonds. The van der Waals surface area contributed by atoms with Gasteiger partial charge in [0, 0.05) is 19.1 Å². The third kappa shape index (κ3) is 5.83. The molecule has 1 aliphatic heterocycles. The Kier molecular flexibility index (Phi) is 6.15. The van der Waals surface area contributed by atoms with Crippen LogP contribution in [0.15, 0.2) is 0 Å². The maximum Gasteiger partial charge on any atom is 0.0198 e. The van der Waals surface area contributed by atoms with Gasteiger partial charge in [-0.2, -0.15) is 0 Å². The zero-order valence-electron chi connectivity index (χ0n) is 13.3. The van der Waals surface area contributed by atoms with Gasteiger partial charge in [0.15, 0.2) is 0 Å². The van der Waals surface area contributed by atoms with E-state index in [0.717, 1.165) is 23.8 Å². The largest absolute Gasteiger partial charge is 0.313 e. The lowest BCUT2D eigenvalue weighted by Gasteiger charge is -2.38. The molecule has 0 aromatic heterocycles. The number of likely N-dealkylation sites (tertiary alicyclic amines) is 1. The molecule has 0 spiro atoms. The van der Waals surface area contributed by atoms with Crippen molar-refractivity contribution in [1.29, 1.82) is 0 Å². The minimum absolute atomic E-state index is 0.753. The van der Waals surface area contributed by atoms with E-state index < -0.39 is 0 Å². The van der Waals surface area contributed by atoms with Crippen LogP contribution in [0.3, 0.4) is 0 Å². The van der Waals surface area contributed by atoms with Crippen molar-refractivity contribution < 1.29 is 0 Å². The van der Waals surface area contributed by atoms with E-state index in [1.54, 1.807) is 0 Å². The average molecular weight is 266 g/mol.